The molecular formula is C4H10NNaO5P+. The molecule has 1 atom stereocenters. The zero-order valence-electron chi connectivity index (χ0n) is 7.13. The Balaban J connectivity index is 0. The molecule has 0 aliphatic heterocycles. The minimum absolute atomic E-state index is 0. The maximum absolute atomic E-state index is 10.4. The second-order valence-corrected chi connectivity index (χ2v) is 3.76. The summed E-state index contributed by atoms with van der Waals surface area (Å²) in [6.45, 7) is 1.20. The number of hydrogen-bond donors (Lipinski definition) is 3. The summed E-state index contributed by atoms with van der Waals surface area (Å²) in [6, 6.07) is -1.18. The molecule has 0 spiro atoms. The van der Waals surface area contributed by atoms with Crippen molar-refractivity contribution in [2.75, 3.05) is 7.05 Å². The van der Waals surface area contributed by atoms with Crippen molar-refractivity contribution in [1.82, 2.24) is 4.67 Å². The van der Waals surface area contributed by atoms with Crippen LogP contribution in [0.4, 0.5) is 0 Å². The Bertz CT molecular complexity index is 204. The van der Waals surface area contributed by atoms with Crippen LogP contribution in [-0.2, 0) is 9.36 Å². The van der Waals surface area contributed by atoms with Gasteiger partial charge in [-0.1, -0.05) is 0 Å². The summed E-state index contributed by atoms with van der Waals surface area (Å²) in [5.41, 5.74) is 0. The van der Waals surface area contributed by atoms with E-state index in [9.17, 15) is 9.36 Å². The molecule has 0 saturated carbocycles. The predicted molar refractivity (Wildman–Crippen MR) is 36.9 cm³/mol. The van der Waals surface area contributed by atoms with E-state index >= 15 is 0 Å². The number of hydrogen-bond acceptors (Lipinski definition) is 2. The Hall–Kier alpha value is 0.580. The monoisotopic (exact) mass is 206 g/mol. The van der Waals surface area contributed by atoms with Crippen molar-refractivity contribution >= 4 is 13.7 Å². The fraction of sp³-hybridized carbons (Fsp3) is 0.750. The van der Waals surface area contributed by atoms with E-state index in [0.717, 1.165) is 7.05 Å². The number of carboxylic acid groups (broad SMARTS) is 1. The summed E-state index contributed by atoms with van der Waals surface area (Å²) in [5.74, 6) is -1.27. The van der Waals surface area contributed by atoms with Gasteiger partial charge in [0.2, 0.25) is 0 Å². The van der Waals surface area contributed by atoms with Gasteiger partial charge >= 0.3 is 43.3 Å². The van der Waals surface area contributed by atoms with Gasteiger partial charge < -0.3 is 14.9 Å². The van der Waals surface area contributed by atoms with Crippen LogP contribution in [-0.4, -0.2) is 38.6 Å². The van der Waals surface area contributed by atoms with Crippen molar-refractivity contribution < 1.29 is 53.8 Å². The van der Waals surface area contributed by atoms with Crippen molar-refractivity contribution in [3.63, 3.8) is 0 Å². The Kier molecular flexibility index (Phi) is 6.71. The summed E-state index contributed by atoms with van der Waals surface area (Å²) >= 11 is 0. The molecule has 3 N–H and O–H groups in total. The molecule has 0 heterocycles. The quantitative estimate of drug-likeness (QED) is 0.327. The number of nitrogens with zero attached hydrogens (tertiary/aromatic N) is 1. The standard InChI is InChI=1S/C4H10NO5P.Na/c1-3(4(6)7)5(2)11(8,9)10;/h3H,1-2H3,(H,6,7)(H2,8,9,10);/q;+1. The molecule has 0 aliphatic rings. The summed E-state index contributed by atoms with van der Waals surface area (Å²) in [7, 11) is -3.36. The Morgan fingerprint density at radius 1 is 1.50 bits per heavy atom. The van der Waals surface area contributed by atoms with Gasteiger partial charge in [-0.3, -0.25) is 4.79 Å². The molecule has 0 aromatic carbocycles. The second-order valence-electron chi connectivity index (χ2n) is 2.10. The van der Waals surface area contributed by atoms with Crippen molar-refractivity contribution in [2.45, 2.75) is 13.0 Å². The molecule has 8 heteroatoms. The minimum atomic E-state index is -4.41. The average molecular weight is 206 g/mol. The van der Waals surface area contributed by atoms with E-state index in [-0.39, 0.29) is 29.6 Å². The Morgan fingerprint density at radius 2 is 1.83 bits per heavy atom. The van der Waals surface area contributed by atoms with E-state index in [2.05, 4.69) is 0 Å². The first-order chi connectivity index (χ1) is 4.76. The topological polar surface area (TPSA) is 98.1 Å². The van der Waals surface area contributed by atoms with Crippen LogP contribution in [0.3, 0.4) is 0 Å². The van der Waals surface area contributed by atoms with E-state index in [4.69, 9.17) is 14.9 Å². The molecule has 0 amide bonds. The summed E-state index contributed by atoms with van der Waals surface area (Å²) in [5, 5.41) is 8.33. The van der Waals surface area contributed by atoms with Gasteiger partial charge in [0, 0.05) is 0 Å². The van der Waals surface area contributed by atoms with Crippen LogP contribution in [0.2, 0.25) is 0 Å². The van der Waals surface area contributed by atoms with Crippen molar-refractivity contribution in [3.05, 3.63) is 0 Å². The molecule has 0 bridgehead atoms. The summed E-state index contributed by atoms with van der Waals surface area (Å²) < 4.78 is 10.9. The predicted octanol–water partition coefficient (Wildman–Crippen LogP) is -3.51. The molecular weight excluding hydrogens is 196 g/mol. The number of carboxylic acids is 1. The molecule has 66 valence electrons. The molecule has 0 fully saturated rings. The maximum Gasteiger partial charge on any atom is 1.00 e. The van der Waals surface area contributed by atoms with Crippen molar-refractivity contribution in [2.24, 2.45) is 0 Å². The SMILES string of the molecule is CC(C(=O)O)N(C)P(=O)(O)O.[Na+]. The fourth-order valence-electron chi connectivity index (χ4n) is 0.385. The van der Waals surface area contributed by atoms with Crippen LogP contribution in [0.15, 0.2) is 0 Å². The van der Waals surface area contributed by atoms with E-state index in [0.29, 0.717) is 4.67 Å². The summed E-state index contributed by atoms with van der Waals surface area (Å²) in [6.07, 6.45) is 0. The van der Waals surface area contributed by atoms with E-state index in [1.54, 1.807) is 0 Å². The van der Waals surface area contributed by atoms with Crippen LogP contribution in [0.25, 0.3) is 0 Å². The fourth-order valence-corrected chi connectivity index (χ4v) is 0.936. The first-order valence-corrected chi connectivity index (χ1v) is 4.35. The van der Waals surface area contributed by atoms with Gasteiger partial charge in [0.15, 0.2) is 0 Å². The van der Waals surface area contributed by atoms with E-state index in [1.807, 2.05) is 0 Å². The molecule has 0 rings (SSSR count). The number of carbonyl (C=O) groups is 1. The van der Waals surface area contributed by atoms with Gasteiger partial charge in [-0.05, 0) is 14.0 Å². The zero-order valence-corrected chi connectivity index (χ0v) is 10.0. The third kappa shape index (κ3) is 4.57. The van der Waals surface area contributed by atoms with Gasteiger partial charge in [-0.25, -0.2) is 4.57 Å². The first kappa shape index (κ1) is 15.1. The van der Waals surface area contributed by atoms with Crippen LogP contribution in [0.5, 0.6) is 0 Å². The minimum Gasteiger partial charge on any atom is -0.480 e. The Morgan fingerprint density at radius 3 is 1.92 bits per heavy atom. The van der Waals surface area contributed by atoms with Gasteiger partial charge in [0.05, 0.1) is 0 Å². The Labute approximate surface area is 92.1 Å². The third-order valence-electron chi connectivity index (χ3n) is 1.33. The molecule has 0 aromatic heterocycles. The molecule has 0 radical (unpaired) electrons. The number of aliphatic carboxylic acids is 1. The largest absolute Gasteiger partial charge is 1.00 e. The van der Waals surface area contributed by atoms with Crippen molar-refractivity contribution in [3.8, 4) is 0 Å². The van der Waals surface area contributed by atoms with Gasteiger partial charge in [0.25, 0.3) is 0 Å². The first-order valence-electron chi connectivity index (χ1n) is 2.78. The smallest absolute Gasteiger partial charge is 0.480 e. The van der Waals surface area contributed by atoms with Crippen molar-refractivity contribution in [1.29, 1.82) is 0 Å². The number of rotatable bonds is 3. The maximum atomic E-state index is 10.4. The third-order valence-corrected chi connectivity index (χ3v) is 2.50. The molecule has 6 nitrogen and oxygen atoms in total. The molecule has 1 unspecified atom stereocenters. The van der Waals surface area contributed by atoms with Crippen LogP contribution in [0.1, 0.15) is 6.92 Å². The second kappa shape index (κ2) is 5.34. The molecule has 12 heavy (non-hydrogen) atoms. The molecule has 0 saturated heterocycles. The number of likely N-dealkylation sites (N-methyl/N-ethyl adjacent to an activating group) is 1. The van der Waals surface area contributed by atoms with Gasteiger partial charge in [0.1, 0.15) is 6.04 Å². The van der Waals surface area contributed by atoms with Gasteiger partial charge in [-0.15, -0.1) is 0 Å². The summed E-state index contributed by atoms with van der Waals surface area (Å²) in [4.78, 5) is 27.2. The van der Waals surface area contributed by atoms with Gasteiger partial charge in [-0.2, -0.15) is 4.67 Å². The average Bonchev–Trinajstić information content (AvgIpc) is 1.82. The van der Waals surface area contributed by atoms with E-state index in [1.165, 1.54) is 6.92 Å². The normalized spacial score (nSPS) is 13.8. The van der Waals surface area contributed by atoms with Crippen LogP contribution >= 0.6 is 7.75 Å². The zero-order chi connectivity index (χ0) is 9.23. The molecule has 0 aliphatic carbocycles. The van der Waals surface area contributed by atoms with Crippen LogP contribution in [0, 0.1) is 0 Å². The van der Waals surface area contributed by atoms with E-state index < -0.39 is 19.8 Å². The molecule has 0 aromatic rings. The van der Waals surface area contributed by atoms with Crippen LogP contribution < -0.4 is 29.6 Å².